The molecule has 21 heavy (non-hydrogen) atoms. The third-order valence-electron chi connectivity index (χ3n) is 2.62. The fourth-order valence-electron chi connectivity index (χ4n) is 1.54. The third-order valence-corrected chi connectivity index (χ3v) is 3.24. The van der Waals surface area contributed by atoms with Gasteiger partial charge in [-0.1, -0.05) is 5.16 Å². The number of halogens is 4. The Hall–Kier alpha value is -1.61. The molecule has 1 heterocycles. The predicted molar refractivity (Wildman–Crippen MR) is 69.8 cm³/mol. The van der Waals surface area contributed by atoms with Crippen molar-refractivity contribution >= 4 is 15.9 Å². The first-order chi connectivity index (χ1) is 9.81. The first kappa shape index (κ1) is 15.8. The summed E-state index contributed by atoms with van der Waals surface area (Å²) in [6, 6.07) is 4.94. The molecule has 1 aromatic heterocycles. The molecule has 0 bridgehead atoms. The summed E-state index contributed by atoms with van der Waals surface area (Å²) in [7, 11) is 1.50. The SMILES string of the molecule is COc1ccc(-c2noc(CC(O)C(F)(F)F)n2)cc1Br. The number of rotatable bonds is 4. The lowest BCUT2D eigenvalue weighted by Crippen LogP contribution is -2.30. The maximum Gasteiger partial charge on any atom is 0.414 e. The van der Waals surface area contributed by atoms with E-state index in [0.717, 1.165) is 0 Å². The number of ether oxygens (including phenoxy) is 1. The van der Waals surface area contributed by atoms with Crippen LogP contribution < -0.4 is 4.74 Å². The maximum atomic E-state index is 12.2. The molecule has 0 fully saturated rings. The van der Waals surface area contributed by atoms with Crippen LogP contribution in [-0.2, 0) is 6.42 Å². The second-order valence-corrected chi connectivity index (χ2v) is 4.98. The van der Waals surface area contributed by atoms with Gasteiger partial charge in [-0.15, -0.1) is 0 Å². The molecule has 0 saturated heterocycles. The molecule has 114 valence electrons. The van der Waals surface area contributed by atoms with Crippen molar-refractivity contribution in [3.05, 3.63) is 28.6 Å². The Kier molecular flexibility index (Phi) is 4.52. The number of aliphatic hydroxyl groups excluding tert-OH is 1. The zero-order valence-electron chi connectivity index (χ0n) is 10.7. The van der Waals surface area contributed by atoms with E-state index in [1.807, 2.05) is 0 Å². The van der Waals surface area contributed by atoms with E-state index in [1.54, 1.807) is 18.2 Å². The zero-order valence-corrected chi connectivity index (χ0v) is 12.3. The molecule has 0 spiro atoms. The van der Waals surface area contributed by atoms with Crippen LogP contribution in [0.25, 0.3) is 11.4 Å². The average molecular weight is 367 g/mol. The van der Waals surface area contributed by atoms with Crippen LogP contribution in [0.15, 0.2) is 27.2 Å². The second kappa shape index (κ2) is 6.02. The van der Waals surface area contributed by atoms with E-state index in [4.69, 9.17) is 14.4 Å². The molecule has 1 unspecified atom stereocenters. The Labute approximate surface area is 125 Å². The number of hydrogen-bond acceptors (Lipinski definition) is 5. The van der Waals surface area contributed by atoms with E-state index >= 15 is 0 Å². The van der Waals surface area contributed by atoms with Gasteiger partial charge in [0.25, 0.3) is 0 Å². The van der Waals surface area contributed by atoms with Gasteiger partial charge in [0.05, 0.1) is 18.0 Å². The molecular weight excluding hydrogens is 357 g/mol. The van der Waals surface area contributed by atoms with Crippen LogP contribution in [0.3, 0.4) is 0 Å². The quantitative estimate of drug-likeness (QED) is 0.900. The number of nitrogens with zero attached hydrogens (tertiary/aromatic N) is 2. The monoisotopic (exact) mass is 366 g/mol. The number of aromatic nitrogens is 2. The van der Waals surface area contributed by atoms with E-state index < -0.39 is 18.7 Å². The molecule has 0 aliphatic rings. The van der Waals surface area contributed by atoms with Gasteiger partial charge in [0.15, 0.2) is 6.10 Å². The minimum Gasteiger partial charge on any atom is -0.496 e. The number of alkyl halides is 3. The molecule has 9 heteroatoms. The molecule has 0 radical (unpaired) electrons. The van der Waals surface area contributed by atoms with Crippen LogP contribution in [0.4, 0.5) is 13.2 Å². The van der Waals surface area contributed by atoms with Crippen molar-refractivity contribution in [2.75, 3.05) is 7.11 Å². The number of benzene rings is 1. The van der Waals surface area contributed by atoms with Crippen molar-refractivity contribution in [2.45, 2.75) is 18.7 Å². The van der Waals surface area contributed by atoms with Crippen molar-refractivity contribution in [3.8, 4) is 17.1 Å². The summed E-state index contributed by atoms with van der Waals surface area (Å²) < 4.78 is 47.1. The molecule has 2 rings (SSSR count). The molecule has 0 amide bonds. The van der Waals surface area contributed by atoms with Gasteiger partial charge < -0.3 is 14.4 Å². The highest BCUT2D eigenvalue weighted by molar-refractivity contribution is 9.10. The number of hydrogen-bond donors (Lipinski definition) is 1. The summed E-state index contributed by atoms with van der Waals surface area (Å²) in [4.78, 5) is 3.83. The van der Waals surface area contributed by atoms with Gasteiger partial charge in [-0.2, -0.15) is 18.2 Å². The van der Waals surface area contributed by atoms with E-state index in [2.05, 4.69) is 26.1 Å². The van der Waals surface area contributed by atoms with Gasteiger partial charge in [-0.25, -0.2) is 0 Å². The first-order valence-electron chi connectivity index (χ1n) is 5.72. The normalized spacial score (nSPS) is 13.2. The summed E-state index contributed by atoms with van der Waals surface area (Å²) in [5.74, 6) is 0.430. The molecule has 0 aliphatic heterocycles. The van der Waals surface area contributed by atoms with E-state index in [9.17, 15) is 13.2 Å². The number of aliphatic hydroxyl groups is 1. The van der Waals surface area contributed by atoms with E-state index in [-0.39, 0.29) is 11.7 Å². The lowest BCUT2D eigenvalue weighted by molar-refractivity contribution is -0.204. The largest absolute Gasteiger partial charge is 0.496 e. The van der Waals surface area contributed by atoms with Crippen LogP contribution in [0.1, 0.15) is 5.89 Å². The van der Waals surface area contributed by atoms with Crippen molar-refractivity contribution in [1.29, 1.82) is 0 Å². The lowest BCUT2D eigenvalue weighted by atomic mass is 10.2. The molecular formula is C12H10BrF3N2O3. The van der Waals surface area contributed by atoms with Gasteiger partial charge in [0.2, 0.25) is 11.7 Å². The van der Waals surface area contributed by atoms with Crippen LogP contribution >= 0.6 is 15.9 Å². The van der Waals surface area contributed by atoms with Gasteiger partial charge in [-0.3, -0.25) is 0 Å². The molecule has 1 atom stereocenters. The standard InChI is InChI=1S/C12H10BrF3N2O3/c1-20-8-3-2-6(4-7(8)13)11-17-10(21-18-11)5-9(19)12(14,15)16/h2-4,9,19H,5H2,1H3. The van der Waals surface area contributed by atoms with Crippen molar-refractivity contribution < 1.29 is 27.5 Å². The summed E-state index contributed by atoms with van der Waals surface area (Å²) in [6.07, 6.45) is -8.04. The lowest BCUT2D eigenvalue weighted by Gasteiger charge is -2.11. The predicted octanol–water partition coefficient (Wildman–Crippen LogP) is 2.97. The van der Waals surface area contributed by atoms with Crippen molar-refractivity contribution in [2.24, 2.45) is 0 Å². The molecule has 2 aromatic rings. The second-order valence-electron chi connectivity index (χ2n) is 4.12. The first-order valence-corrected chi connectivity index (χ1v) is 6.52. The summed E-state index contributed by atoms with van der Waals surface area (Å²) in [6.45, 7) is 0. The topological polar surface area (TPSA) is 68.4 Å². The highest BCUT2D eigenvalue weighted by Gasteiger charge is 2.39. The van der Waals surface area contributed by atoms with Crippen LogP contribution in [0.5, 0.6) is 5.75 Å². The molecule has 0 aliphatic carbocycles. The third kappa shape index (κ3) is 3.73. The summed E-state index contributed by atoms with van der Waals surface area (Å²) >= 11 is 3.28. The number of methoxy groups -OCH3 is 1. The van der Waals surface area contributed by atoms with Gasteiger partial charge >= 0.3 is 6.18 Å². The van der Waals surface area contributed by atoms with Crippen molar-refractivity contribution in [1.82, 2.24) is 10.1 Å². The van der Waals surface area contributed by atoms with Gasteiger partial charge in [0.1, 0.15) is 5.75 Å². The van der Waals surface area contributed by atoms with Crippen LogP contribution in [0.2, 0.25) is 0 Å². The fourth-order valence-corrected chi connectivity index (χ4v) is 2.08. The highest BCUT2D eigenvalue weighted by atomic mass is 79.9. The summed E-state index contributed by atoms with van der Waals surface area (Å²) in [5.41, 5.74) is 0.541. The van der Waals surface area contributed by atoms with Crippen molar-refractivity contribution in [3.63, 3.8) is 0 Å². The van der Waals surface area contributed by atoms with Gasteiger partial charge in [-0.05, 0) is 34.1 Å². The molecule has 5 nitrogen and oxygen atoms in total. The average Bonchev–Trinajstić information content (AvgIpc) is 2.86. The minimum atomic E-state index is -4.72. The Balaban J connectivity index is 2.18. The molecule has 0 saturated carbocycles. The fraction of sp³-hybridized carbons (Fsp3) is 0.333. The van der Waals surface area contributed by atoms with E-state index in [0.29, 0.717) is 15.8 Å². The van der Waals surface area contributed by atoms with Crippen LogP contribution in [0, 0.1) is 0 Å². The molecule has 1 aromatic carbocycles. The van der Waals surface area contributed by atoms with Gasteiger partial charge in [0, 0.05) is 5.56 Å². The minimum absolute atomic E-state index is 0.128. The van der Waals surface area contributed by atoms with Crippen LogP contribution in [-0.4, -0.2) is 34.6 Å². The Morgan fingerprint density at radius 1 is 1.43 bits per heavy atom. The Morgan fingerprint density at radius 2 is 2.14 bits per heavy atom. The zero-order chi connectivity index (χ0) is 15.6. The smallest absolute Gasteiger partial charge is 0.414 e. The summed E-state index contributed by atoms with van der Waals surface area (Å²) in [5, 5.41) is 12.5. The highest BCUT2D eigenvalue weighted by Crippen LogP contribution is 2.29. The Bertz CT molecular complexity index is 630. The Morgan fingerprint density at radius 3 is 2.71 bits per heavy atom. The van der Waals surface area contributed by atoms with E-state index in [1.165, 1.54) is 7.11 Å². The maximum absolute atomic E-state index is 12.2. The molecule has 1 N–H and O–H groups in total.